The molecular formula is C26H31N5O2. The molecule has 1 saturated heterocycles. The minimum Gasteiger partial charge on any atom is -0.422 e. The van der Waals surface area contributed by atoms with Crippen molar-refractivity contribution in [1.82, 2.24) is 19.3 Å². The molecule has 0 amide bonds. The fourth-order valence-corrected chi connectivity index (χ4v) is 5.02. The van der Waals surface area contributed by atoms with Gasteiger partial charge in [-0.15, -0.1) is 0 Å². The van der Waals surface area contributed by atoms with E-state index in [-0.39, 0.29) is 5.63 Å². The maximum atomic E-state index is 12.9. The minimum atomic E-state index is -0.374. The zero-order chi connectivity index (χ0) is 23.3. The van der Waals surface area contributed by atoms with E-state index in [0.29, 0.717) is 28.8 Å². The lowest BCUT2D eigenvalue weighted by molar-refractivity contribution is 0.146. The SMILES string of the molecule is CCN1CCN(c2ccc3cc(-c4cn5cc(C)nc(C)c5n4)c(=O)oc3c2)C[C@@H]1C(C)C. The molecule has 33 heavy (non-hydrogen) atoms. The number of fused-ring (bicyclic) bond motifs is 2. The van der Waals surface area contributed by atoms with Crippen LogP contribution in [0.25, 0.3) is 27.9 Å². The Labute approximate surface area is 193 Å². The number of piperazine rings is 1. The van der Waals surface area contributed by atoms with E-state index in [1.54, 1.807) is 0 Å². The summed E-state index contributed by atoms with van der Waals surface area (Å²) >= 11 is 0. The zero-order valence-electron chi connectivity index (χ0n) is 20.0. The Morgan fingerprint density at radius 1 is 1.12 bits per heavy atom. The van der Waals surface area contributed by atoms with Gasteiger partial charge < -0.3 is 13.7 Å². The number of hydrogen-bond acceptors (Lipinski definition) is 6. The summed E-state index contributed by atoms with van der Waals surface area (Å²) in [6, 6.07) is 8.58. The molecule has 0 saturated carbocycles. The first-order valence-corrected chi connectivity index (χ1v) is 11.7. The molecule has 0 N–H and O–H groups in total. The van der Waals surface area contributed by atoms with E-state index in [2.05, 4.69) is 46.6 Å². The molecule has 5 rings (SSSR count). The van der Waals surface area contributed by atoms with E-state index in [1.165, 1.54) is 0 Å². The third-order valence-corrected chi connectivity index (χ3v) is 6.80. The summed E-state index contributed by atoms with van der Waals surface area (Å²) in [4.78, 5) is 27.0. The van der Waals surface area contributed by atoms with E-state index in [4.69, 9.17) is 4.42 Å². The Kier molecular flexibility index (Phi) is 5.44. The standard InChI is InChI=1S/C26H31N5O2/c1-6-29-9-10-30(15-23(29)16(2)3)20-8-7-19-11-21(26(32)33-24(19)12-20)22-14-31-13-17(4)27-18(5)25(31)28-22/h7-8,11-14,16,23H,6,9-10,15H2,1-5H3/t23-/m1/s1. The van der Waals surface area contributed by atoms with Crippen molar-refractivity contribution in [3.8, 4) is 11.3 Å². The molecule has 1 fully saturated rings. The molecule has 4 aromatic rings. The second kappa shape index (κ2) is 8.30. The van der Waals surface area contributed by atoms with Crippen LogP contribution in [-0.2, 0) is 0 Å². The molecule has 0 bridgehead atoms. The molecule has 0 radical (unpaired) electrons. The summed E-state index contributed by atoms with van der Waals surface area (Å²) in [5.41, 5.74) is 4.88. The Morgan fingerprint density at radius 2 is 1.94 bits per heavy atom. The lowest BCUT2D eigenvalue weighted by Crippen LogP contribution is -2.55. The summed E-state index contributed by atoms with van der Waals surface area (Å²) in [5.74, 6) is 0.585. The van der Waals surface area contributed by atoms with E-state index >= 15 is 0 Å². The molecule has 4 heterocycles. The van der Waals surface area contributed by atoms with Crippen LogP contribution in [0, 0.1) is 19.8 Å². The van der Waals surface area contributed by atoms with E-state index in [9.17, 15) is 4.79 Å². The van der Waals surface area contributed by atoms with Crippen molar-refractivity contribution in [2.45, 2.75) is 40.7 Å². The van der Waals surface area contributed by atoms with Crippen molar-refractivity contribution in [3.05, 3.63) is 58.5 Å². The first-order chi connectivity index (χ1) is 15.8. The number of likely N-dealkylation sites (N-methyl/N-ethyl adjacent to an activating group) is 1. The van der Waals surface area contributed by atoms with Gasteiger partial charge >= 0.3 is 5.63 Å². The molecule has 1 atom stereocenters. The van der Waals surface area contributed by atoms with Gasteiger partial charge in [0.2, 0.25) is 0 Å². The molecule has 1 aliphatic rings. The number of anilines is 1. The number of hydrogen-bond donors (Lipinski definition) is 0. The number of benzene rings is 1. The van der Waals surface area contributed by atoms with Gasteiger partial charge in [0.25, 0.3) is 0 Å². The highest BCUT2D eigenvalue weighted by molar-refractivity contribution is 5.84. The lowest BCUT2D eigenvalue weighted by Gasteiger charge is -2.44. The lowest BCUT2D eigenvalue weighted by atomic mass is 9.99. The molecule has 0 unspecified atom stereocenters. The first-order valence-electron chi connectivity index (χ1n) is 11.7. The van der Waals surface area contributed by atoms with Crippen LogP contribution in [0.2, 0.25) is 0 Å². The molecular weight excluding hydrogens is 414 g/mol. The summed E-state index contributed by atoms with van der Waals surface area (Å²) in [6.45, 7) is 14.7. The average Bonchev–Trinajstić information content (AvgIpc) is 3.21. The fourth-order valence-electron chi connectivity index (χ4n) is 5.02. The van der Waals surface area contributed by atoms with E-state index < -0.39 is 0 Å². The Bertz CT molecular complexity index is 1390. The molecule has 1 aliphatic heterocycles. The predicted octanol–water partition coefficient (Wildman–Crippen LogP) is 4.29. The van der Waals surface area contributed by atoms with Gasteiger partial charge in [-0.3, -0.25) is 9.88 Å². The summed E-state index contributed by atoms with van der Waals surface area (Å²) in [6.07, 6.45) is 3.78. The minimum absolute atomic E-state index is 0.374. The first kappa shape index (κ1) is 21.6. The van der Waals surface area contributed by atoms with Gasteiger partial charge in [-0.2, -0.15) is 0 Å². The topological polar surface area (TPSA) is 66.9 Å². The highest BCUT2D eigenvalue weighted by Gasteiger charge is 2.28. The Hall–Kier alpha value is -3.19. The van der Waals surface area contributed by atoms with E-state index in [1.807, 2.05) is 48.8 Å². The summed E-state index contributed by atoms with van der Waals surface area (Å²) in [5, 5.41) is 0.893. The Morgan fingerprint density at radius 3 is 2.70 bits per heavy atom. The third kappa shape index (κ3) is 3.91. The number of aryl methyl sites for hydroxylation is 2. The number of imidazole rings is 1. The zero-order valence-corrected chi connectivity index (χ0v) is 20.0. The second-order valence-electron chi connectivity index (χ2n) is 9.38. The van der Waals surface area contributed by atoms with Crippen LogP contribution in [0.5, 0.6) is 0 Å². The van der Waals surface area contributed by atoms with Crippen LogP contribution < -0.4 is 10.5 Å². The highest BCUT2D eigenvalue weighted by atomic mass is 16.4. The molecule has 7 heteroatoms. The van der Waals surface area contributed by atoms with Crippen LogP contribution in [0.4, 0.5) is 5.69 Å². The van der Waals surface area contributed by atoms with Gasteiger partial charge in [0.15, 0.2) is 5.65 Å². The molecule has 0 aliphatic carbocycles. The van der Waals surface area contributed by atoms with Crippen molar-refractivity contribution in [2.24, 2.45) is 5.92 Å². The normalized spacial score (nSPS) is 17.5. The summed E-state index contributed by atoms with van der Waals surface area (Å²) < 4.78 is 7.71. The van der Waals surface area contributed by atoms with Gasteiger partial charge in [0.05, 0.1) is 22.6 Å². The van der Waals surface area contributed by atoms with Crippen LogP contribution in [0.3, 0.4) is 0 Å². The third-order valence-electron chi connectivity index (χ3n) is 6.80. The van der Waals surface area contributed by atoms with Crippen molar-refractivity contribution in [3.63, 3.8) is 0 Å². The van der Waals surface area contributed by atoms with Crippen molar-refractivity contribution < 1.29 is 4.42 Å². The highest BCUT2D eigenvalue weighted by Crippen LogP contribution is 2.28. The number of rotatable bonds is 4. The van der Waals surface area contributed by atoms with Gasteiger partial charge in [-0.1, -0.05) is 20.8 Å². The number of nitrogens with zero attached hydrogens (tertiary/aromatic N) is 5. The largest absolute Gasteiger partial charge is 0.422 e. The second-order valence-corrected chi connectivity index (χ2v) is 9.38. The smallest absolute Gasteiger partial charge is 0.345 e. The van der Waals surface area contributed by atoms with Crippen LogP contribution in [0.15, 0.2) is 45.9 Å². The fraction of sp³-hybridized carbons (Fsp3) is 0.423. The van der Waals surface area contributed by atoms with Gasteiger partial charge in [-0.25, -0.2) is 9.78 Å². The van der Waals surface area contributed by atoms with Crippen molar-refractivity contribution >= 4 is 22.3 Å². The average molecular weight is 446 g/mol. The molecule has 3 aromatic heterocycles. The van der Waals surface area contributed by atoms with Crippen molar-refractivity contribution in [2.75, 3.05) is 31.1 Å². The molecule has 1 aromatic carbocycles. The Balaban J connectivity index is 1.50. The van der Waals surface area contributed by atoms with Gasteiger partial charge in [-0.05, 0) is 44.5 Å². The van der Waals surface area contributed by atoms with Crippen LogP contribution in [0.1, 0.15) is 32.2 Å². The maximum Gasteiger partial charge on any atom is 0.345 e. The van der Waals surface area contributed by atoms with Gasteiger partial charge in [0.1, 0.15) is 5.58 Å². The number of aromatic nitrogens is 3. The predicted molar refractivity (Wildman–Crippen MR) is 132 cm³/mol. The van der Waals surface area contributed by atoms with Gasteiger partial charge in [0, 0.05) is 55.2 Å². The molecule has 172 valence electrons. The summed E-state index contributed by atoms with van der Waals surface area (Å²) in [7, 11) is 0. The van der Waals surface area contributed by atoms with E-state index in [0.717, 1.165) is 54.3 Å². The van der Waals surface area contributed by atoms with Crippen LogP contribution in [-0.4, -0.2) is 51.5 Å². The quantitative estimate of drug-likeness (QED) is 0.437. The van der Waals surface area contributed by atoms with Crippen LogP contribution >= 0.6 is 0 Å². The monoisotopic (exact) mass is 445 g/mol. The molecule has 7 nitrogen and oxygen atoms in total. The van der Waals surface area contributed by atoms with Crippen molar-refractivity contribution in [1.29, 1.82) is 0 Å². The molecule has 0 spiro atoms. The maximum absolute atomic E-state index is 12.9.